The van der Waals surface area contributed by atoms with Crippen molar-refractivity contribution in [2.24, 2.45) is 0 Å². The van der Waals surface area contributed by atoms with E-state index in [0.717, 1.165) is 27.7 Å². The van der Waals surface area contributed by atoms with E-state index < -0.39 is 0 Å². The Labute approximate surface area is 134 Å². The molecule has 0 saturated heterocycles. The zero-order chi connectivity index (χ0) is 16.2. The first-order chi connectivity index (χ1) is 11.1. The Balaban J connectivity index is 1.68. The van der Waals surface area contributed by atoms with Crippen LogP contribution in [0.15, 0.2) is 48.8 Å². The maximum atomic E-state index is 12.1. The van der Waals surface area contributed by atoms with Crippen molar-refractivity contribution in [1.82, 2.24) is 9.97 Å². The first-order valence-electron chi connectivity index (χ1n) is 7.32. The molecule has 116 valence electrons. The van der Waals surface area contributed by atoms with Gasteiger partial charge in [-0.25, -0.2) is 9.97 Å². The second-order valence-electron chi connectivity index (χ2n) is 5.41. The predicted octanol–water partition coefficient (Wildman–Crippen LogP) is 3.26. The summed E-state index contributed by atoms with van der Waals surface area (Å²) < 4.78 is 5.55. The van der Waals surface area contributed by atoms with Gasteiger partial charge in [0.25, 0.3) is 5.91 Å². The summed E-state index contributed by atoms with van der Waals surface area (Å²) in [6.45, 7) is 3.88. The molecule has 1 heterocycles. The number of anilines is 1. The fourth-order valence-electron chi connectivity index (χ4n) is 2.47. The van der Waals surface area contributed by atoms with Crippen LogP contribution in [0.25, 0.3) is 10.9 Å². The van der Waals surface area contributed by atoms with Gasteiger partial charge in [-0.05, 0) is 49.2 Å². The molecule has 23 heavy (non-hydrogen) atoms. The number of rotatable bonds is 4. The van der Waals surface area contributed by atoms with Crippen molar-refractivity contribution in [3.8, 4) is 5.88 Å². The Kier molecular flexibility index (Phi) is 4.19. The summed E-state index contributed by atoms with van der Waals surface area (Å²) in [7, 11) is 0. The van der Waals surface area contributed by atoms with Crippen molar-refractivity contribution in [1.29, 1.82) is 0 Å². The van der Waals surface area contributed by atoms with Gasteiger partial charge in [-0.2, -0.15) is 0 Å². The van der Waals surface area contributed by atoms with E-state index in [9.17, 15) is 4.79 Å². The number of benzene rings is 2. The SMILES string of the molecule is Cc1cc(C)cc(NC(=O)COc2ncnc3ccccc23)c1. The largest absolute Gasteiger partial charge is 0.467 e. The van der Waals surface area contributed by atoms with Crippen molar-refractivity contribution in [3.05, 3.63) is 59.9 Å². The number of para-hydroxylation sites is 1. The van der Waals surface area contributed by atoms with Crippen LogP contribution in [0, 0.1) is 13.8 Å². The van der Waals surface area contributed by atoms with Crippen LogP contribution in [0.5, 0.6) is 5.88 Å². The minimum atomic E-state index is -0.224. The fraction of sp³-hybridized carbons (Fsp3) is 0.167. The van der Waals surface area contributed by atoms with Gasteiger partial charge < -0.3 is 10.1 Å². The topological polar surface area (TPSA) is 64.1 Å². The van der Waals surface area contributed by atoms with E-state index in [1.807, 2.05) is 50.2 Å². The molecule has 0 aliphatic carbocycles. The maximum Gasteiger partial charge on any atom is 0.262 e. The second-order valence-corrected chi connectivity index (χ2v) is 5.41. The molecule has 5 nitrogen and oxygen atoms in total. The van der Waals surface area contributed by atoms with Gasteiger partial charge in [0.15, 0.2) is 6.61 Å². The lowest BCUT2D eigenvalue weighted by Crippen LogP contribution is -2.20. The number of carbonyl (C=O) groups is 1. The van der Waals surface area contributed by atoms with Crippen molar-refractivity contribution < 1.29 is 9.53 Å². The molecule has 0 aliphatic rings. The van der Waals surface area contributed by atoms with Crippen LogP contribution in [0.1, 0.15) is 11.1 Å². The molecule has 0 spiro atoms. The first kappa shape index (κ1) is 15.0. The van der Waals surface area contributed by atoms with E-state index >= 15 is 0 Å². The summed E-state index contributed by atoms with van der Waals surface area (Å²) in [5.41, 5.74) is 3.75. The second kappa shape index (κ2) is 6.44. The van der Waals surface area contributed by atoms with E-state index in [0.29, 0.717) is 5.88 Å². The van der Waals surface area contributed by atoms with Crippen molar-refractivity contribution >= 4 is 22.5 Å². The van der Waals surface area contributed by atoms with E-state index in [4.69, 9.17) is 4.74 Å². The summed E-state index contributed by atoms with van der Waals surface area (Å²) in [6, 6.07) is 13.4. The van der Waals surface area contributed by atoms with Gasteiger partial charge in [-0.1, -0.05) is 18.2 Å². The van der Waals surface area contributed by atoms with E-state index in [1.165, 1.54) is 6.33 Å². The Morgan fingerprint density at radius 3 is 2.61 bits per heavy atom. The van der Waals surface area contributed by atoms with Crippen molar-refractivity contribution in [2.45, 2.75) is 13.8 Å². The normalized spacial score (nSPS) is 10.5. The number of aryl methyl sites for hydroxylation is 2. The molecule has 0 radical (unpaired) electrons. The van der Waals surface area contributed by atoms with Gasteiger partial charge in [0, 0.05) is 5.69 Å². The maximum absolute atomic E-state index is 12.1. The van der Waals surface area contributed by atoms with Gasteiger partial charge in [-0.3, -0.25) is 4.79 Å². The molecule has 0 aliphatic heterocycles. The van der Waals surface area contributed by atoms with Crippen molar-refractivity contribution in [3.63, 3.8) is 0 Å². The predicted molar refractivity (Wildman–Crippen MR) is 89.6 cm³/mol. The third-order valence-corrected chi connectivity index (χ3v) is 3.35. The zero-order valence-corrected chi connectivity index (χ0v) is 13.0. The number of aromatic nitrogens is 2. The lowest BCUT2D eigenvalue weighted by atomic mass is 10.1. The van der Waals surface area contributed by atoms with Crippen LogP contribution in [0.4, 0.5) is 5.69 Å². The lowest BCUT2D eigenvalue weighted by molar-refractivity contribution is -0.118. The van der Waals surface area contributed by atoms with Crippen LogP contribution < -0.4 is 10.1 Å². The minimum Gasteiger partial charge on any atom is -0.467 e. The highest BCUT2D eigenvalue weighted by molar-refractivity contribution is 5.92. The molecule has 2 aromatic carbocycles. The van der Waals surface area contributed by atoms with Gasteiger partial charge >= 0.3 is 0 Å². The smallest absolute Gasteiger partial charge is 0.262 e. The summed E-state index contributed by atoms with van der Waals surface area (Å²) in [5, 5.41) is 3.62. The molecule has 5 heteroatoms. The molecule has 1 N–H and O–H groups in total. The van der Waals surface area contributed by atoms with Gasteiger partial charge in [0.2, 0.25) is 5.88 Å². The third-order valence-electron chi connectivity index (χ3n) is 3.35. The average molecular weight is 307 g/mol. The summed E-state index contributed by atoms with van der Waals surface area (Å²) >= 11 is 0. The Morgan fingerprint density at radius 2 is 1.83 bits per heavy atom. The van der Waals surface area contributed by atoms with Crippen molar-refractivity contribution in [2.75, 3.05) is 11.9 Å². The number of nitrogens with one attached hydrogen (secondary N) is 1. The number of fused-ring (bicyclic) bond motifs is 1. The highest BCUT2D eigenvalue weighted by atomic mass is 16.5. The Hall–Kier alpha value is -2.95. The number of amides is 1. The first-order valence-corrected chi connectivity index (χ1v) is 7.32. The van der Waals surface area contributed by atoms with Crippen LogP contribution in [-0.4, -0.2) is 22.5 Å². The van der Waals surface area contributed by atoms with Crippen LogP contribution >= 0.6 is 0 Å². The van der Waals surface area contributed by atoms with Gasteiger partial charge in [-0.15, -0.1) is 0 Å². The molecule has 0 atom stereocenters. The molecule has 1 aromatic heterocycles. The standard InChI is InChI=1S/C18H17N3O2/c1-12-7-13(2)9-14(8-12)21-17(22)10-23-18-15-5-3-4-6-16(15)19-11-20-18/h3-9,11H,10H2,1-2H3,(H,21,22). The molecule has 0 saturated carbocycles. The summed E-state index contributed by atoms with van der Waals surface area (Å²) in [6.07, 6.45) is 1.43. The monoisotopic (exact) mass is 307 g/mol. The minimum absolute atomic E-state index is 0.103. The molecule has 1 amide bonds. The zero-order valence-electron chi connectivity index (χ0n) is 13.0. The van der Waals surface area contributed by atoms with Gasteiger partial charge in [0.05, 0.1) is 10.9 Å². The average Bonchev–Trinajstić information content (AvgIpc) is 2.52. The molecular formula is C18H17N3O2. The summed E-state index contributed by atoms with van der Waals surface area (Å²) in [5.74, 6) is 0.184. The molecule has 3 rings (SSSR count). The molecule has 0 fully saturated rings. The van der Waals surface area contributed by atoms with E-state index in [1.54, 1.807) is 0 Å². The Morgan fingerprint density at radius 1 is 1.09 bits per heavy atom. The summed E-state index contributed by atoms with van der Waals surface area (Å²) in [4.78, 5) is 20.3. The van der Waals surface area contributed by atoms with E-state index in [2.05, 4.69) is 21.4 Å². The number of hydrogen-bond acceptors (Lipinski definition) is 4. The third kappa shape index (κ3) is 3.63. The number of carbonyl (C=O) groups excluding carboxylic acids is 1. The Bertz CT molecular complexity index is 836. The van der Waals surface area contributed by atoms with Crippen LogP contribution in [0.2, 0.25) is 0 Å². The molecular weight excluding hydrogens is 290 g/mol. The van der Waals surface area contributed by atoms with Crippen LogP contribution in [-0.2, 0) is 4.79 Å². The number of ether oxygens (including phenoxy) is 1. The molecule has 0 bridgehead atoms. The highest BCUT2D eigenvalue weighted by Gasteiger charge is 2.08. The van der Waals surface area contributed by atoms with Gasteiger partial charge in [0.1, 0.15) is 6.33 Å². The fourth-order valence-corrected chi connectivity index (χ4v) is 2.47. The molecule has 0 unspecified atom stereocenters. The number of nitrogens with zero attached hydrogens (tertiary/aromatic N) is 2. The molecule has 3 aromatic rings. The quantitative estimate of drug-likeness (QED) is 0.803. The van der Waals surface area contributed by atoms with E-state index in [-0.39, 0.29) is 12.5 Å². The highest BCUT2D eigenvalue weighted by Crippen LogP contribution is 2.20. The van der Waals surface area contributed by atoms with Crippen LogP contribution in [0.3, 0.4) is 0 Å². The lowest BCUT2D eigenvalue weighted by Gasteiger charge is -2.09. The number of hydrogen-bond donors (Lipinski definition) is 1.